The molecule has 0 unspecified atom stereocenters. The first-order valence-electron chi connectivity index (χ1n) is 10.3. The number of rotatable bonds is 3. The number of amides is 1. The number of benzene rings is 1. The van der Waals surface area contributed by atoms with E-state index >= 15 is 0 Å². The molecule has 5 rings (SSSR count). The Hall–Kier alpha value is -3.22. The van der Waals surface area contributed by atoms with Gasteiger partial charge >= 0.3 is 0 Å². The van der Waals surface area contributed by atoms with Crippen LogP contribution < -0.4 is 4.90 Å². The number of carbonyl (C=O) groups excluding carboxylic acids is 1. The van der Waals surface area contributed by atoms with Gasteiger partial charge < -0.3 is 14.4 Å². The summed E-state index contributed by atoms with van der Waals surface area (Å²) < 4.78 is 2.17. The summed E-state index contributed by atoms with van der Waals surface area (Å²) in [5, 5.41) is 8.84. The second-order valence-electron chi connectivity index (χ2n) is 7.61. The van der Waals surface area contributed by atoms with Crippen molar-refractivity contribution in [2.45, 2.75) is 32.4 Å². The number of hydrogen-bond donors (Lipinski definition) is 0. The lowest BCUT2D eigenvalue weighted by Gasteiger charge is -2.32. The topological polar surface area (TPSA) is 67.2 Å². The van der Waals surface area contributed by atoms with Crippen molar-refractivity contribution in [3.63, 3.8) is 0 Å². The maximum absolute atomic E-state index is 13.1. The van der Waals surface area contributed by atoms with Crippen molar-refractivity contribution in [3.05, 3.63) is 60.0 Å². The fourth-order valence-electron chi connectivity index (χ4n) is 4.22. The summed E-state index contributed by atoms with van der Waals surface area (Å²) in [5.41, 5.74) is 1.75. The highest BCUT2D eigenvalue weighted by molar-refractivity contribution is 5.99. The molecule has 0 aliphatic carbocycles. The molecule has 1 amide bonds. The fraction of sp³-hybridized carbons (Fsp3) is 0.364. The van der Waals surface area contributed by atoms with Crippen molar-refractivity contribution in [2.75, 3.05) is 24.5 Å². The van der Waals surface area contributed by atoms with Crippen molar-refractivity contribution in [1.82, 2.24) is 24.6 Å². The van der Waals surface area contributed by atoms with E-state index in [4.69, 9.17) is 0 Å². The first-order chi connectivity index (χ1) is 14.3. The third-order valence-corrected chi connectivity index (χ3v) is 5.75. The van der Waals surface area contributed by atoms with Crippen LogP contribution in [-0.4, -0.2) is 50.2 Å². The molecule has 4 heterocycles. The minimum atomic E-state index is 0.0878. The Kier molecular flexibility index (Phi) is 4.71. The molecule has 3 aromatic rings. The molecule has 2 aliphatic rings. The van der Waals surface area contributed by atoms with E-state index in [1.165, 1.54) is 6.42 Å². The number of pyridine rings is 1. The zero-order valence-electron chi connectivity index (χ0n) is 16.4. The average molecular weight is 388 g/mol. The van der Waals surface area contributed by atoms with Crippen LogP contribution in [0.2, 0.25) is 0 Å². The second kappa shape index (κ2) is 7.66. The minimum Gasteiger partial charge on any atom is -0.347 e. The van der Waals surface area contributed by atoms with Crippen LogP contribution in [0.3, 0.4) is 0 Å². The van der Waals surface area contributed by atoms with Gasteiger partial charge in [-0.05, 0) is 31.4 Å². The smallest absolute Gasteiger partial charge is 0.257 e. The molecule has 0 radical (unpaired) electrons. The molecule has 0 saturated carbocycles. The Balaban J connectivity index is 1.41. The molecule has 2 aliphatic heterocycles. The molecule has 0 atom stereocenters. The molecule has 29 heavy (non-hydrogen) atoms. The standard InChI is InChI=1S/C22H24N6O/c29-22(26-12-5-2-6-13-26)18-10-7-11-23-21(18)27-14-15-28-19(16-27)24-25-20(28)17-8-3-1-4-9-17/h1,3-4,7-11H,2,5-6,12-16H2. The third-order valence-electron chi connectivity index (χ3n) is 5.75. The largest absolute Gasteiger partial charge is 0.347 e. The van der Waals surface area contributed by atoms with Crippen molar-refractivity contribution in [2.24, 2.45) is 0 Å². The number of likely N-dealkylation sites (tertiary alicyclic amines) is 1. The number of nitrogens with zero attached hydrogens (tertiary/aromatic N) is 6. The van der Waals surface area contributed by atoms with E-state index < -0.39 is 0 Å². The molecular weight excluding hydrogens is 364 g/mol. The van der Waals surface area contributed by atoms with Crippen LogP contribution in [-0.2, 0) is 13.1 Å². The van der Waals surface area contributed by atoms with Crippen molar-refractivity contribution < 1.29 is 4.79 Å². The minimum absolute atomic E-state index is 0.0878. The van der Waals surface area contributed by atoms with E-state index in [2.05, 4.69) is 36.8 Å². The normalized spacial score (nSPS) is 16.6. The molecule has 2 aromatic heterocycles. The van der Waals surface area contributed by atoms with Gasteiger partial charge in [-0.1, -0.05) is 30.3 Å². The van der Waals surface area contributed by atoms with E-state index in [0.29, 0.717) is 12.1 Å². The quantitative estimate of drug-likeness (QED) is 0.690. The van der Waals surface area contributed by atoms with Crippen LogP contribution in [0.25, 0.3) is 11.4 Å². The highest BCUT2D eigenvalue weighted by Gasteiger charge is 2.27. The number of anilines is 1. The lowest BCUT2D eigenvalue weighted by atomic mass is 10.1. The van der Waals surface area contributed by atoms with Gasteiger partial charge in [0.2, 0.25) is 0 Å². The molecule has 1 aromatic carbocycles. The number of piperidine rings is 1. The molecule has 0 N–H and O–H groups in total. The first kappa shape index (κ1) is 17.8. The molecule has 1 fully saturated rings. The van der Waals surface area contributed by atoms with Crippen LogP contribution >= 0.6 is 0 Å². The molecule has 148 valence electrons. The van der Waals surface area contributed by atoms with E-state index in [1.807, 2.05) is 35.2 Å². The van der Waals surface area contributed by atoms with Gasteiger partial charge in [0.1, 0.15) is 5.82 Å². The predicted octanol–water partition coefficient (Wildman–Crippen LogP) is 2.99. The summed E-state index contributed by atoms with van der Waals surface area (Å²) in [6.45, 7) is 3.80. The first-order valence-corrected chi connectivity index (χ1v) is 10.3. The summed E-state index contributed by atoms with van der Waals surface area (Å²) >= 11 is 0. The highest BCUT2D eigenvalue weighted by Crippen LogP contribution is 2.27. The van der Waals surface area contributed by atoms with Gasteiger partial charge in [0.25, 0.3) is 5.91 Å². The summed E-state index contributed by atoms with van der Waals surface area (Å²) in [4.78, 5) is 21.8. The lowest BCUT2D eigenvalue weighted by molar-refractivity contribution is 0.0724. The molecule has 0 spiro atoms. The van der Waals surface area contributed by atoms with Gasteiger partial charge in [0.05, 0.1) is 12.1 Å². The van der Waals surface area contributed by atoms with Gasteiger partial charge in [0, 0.05) is 37.9 Å². The van der Waals surface area contributed by atoms with Gasteiger partial charge in [-0.3, -0.25) is 4.79 Å². The van der Waals surface area contributed by atoms with Crippen LogP contribution in [0.4, 0.5) is 5.82 Å². The van der Waals surface area contributed by atoms with Crippen LogP contribution in [0.1, 0.15) is 35.4 Å². The maximum atomic E-state index is 13.1. The Morgan fingerprint density at radius 1 is 0.862 bits per heavy atom. The fourth-order valence-corrected chi connectivity index (χ4v) is 4.22. The molecule has 1 saturated heterocycles. The number of carbonyl (C=O) groups is 1. The summed E-state index contributed by atoms with van der Waals surface area (Å²) in [7, 11) is 0. The van der Waals surface area contributed by atoms with Crippen molar-refractivity contribution in [1.29, 1.82) is 0 Å². The van der Waals surface area contributed by atoms with Crippen molar-refractivity contribution in [3.8, 4) is 11.4 Å². The monoisotopic (exact) mass is 388 g/mol. The summed E-state index contributed by atoms with van der Waals surface area (Å²) in [6, 6.07) is 13.9. The predicted molar refractivity (Wildman–Crippen MR) is 110 cm³/mol. The van der Waals surface area contributed by atoms with Crippen LogP contribution in [0.5, 0.6) is 0 Å². The van der Waals surface area contributed by atoms with Gasteiger partial charge in [-0.2, -0.15) is 0 Å². The zero-order valence-corrected chi connectivity index (χ0v) is 16.4. The van der Waals surface area contributed by atoms with E-state index in [0.717, 1.165) is 62.1 Å². The van der Waals surface area contributed by atoms with Crippen molar-refractivity contribution >= 4 is 11.7 Å². The van der Waals surface area contributed by atoms with E-state index in [9.17, 15) is 4.79 Å². The van der Waals surface area contributed by atoms with Gasteiger partial charge in [-0.25, -0.2) is 4.98 Å². The van der Waals surface area contributed by atoms with E-state index in [1.54, 1.807) is 6.20 Å². The molecule has 0 bridgehead atoms. The zero-order chi connectivity index (χ0) is 19.6. The number of aromatic nitrogens is 4. The maximum Gasteiger partial charge on any atom is 0.257 e. The molecule has 7 nitrogen and oxygen atoms in total. The second-order valence-corrected chi connectivity index (χ2v) is 7.61. The Bertz CT molecular complexity index is 1010. The Morgan fingerprint density at radius 3 is 2.52 bits per heavy atom. The molecule has 7 heteroatoms. The SMILES string of the molecule is O=C(c1cccnc1N1CCn2c(nnc2-c2ccccc2)C1)N1CCCCC1. The van der Waals surface area contributed by atoms with Crippen LogP contribution in [0, 0.1) is 0 Å². The lowest BCUT2D eigenvalue weighted by Crippen LogP contribution is -2.39. The van der Waals surface area contributed by atoms with E-state index in [-0.39, 0.29) is 5.91 Å². The Morgan fingerprint density at radius 2 is 1.69 bits per heavy atom. The highest BCUT2D eigenvalue weighted by atomic mass is 16.2. The van der Waals surface area contributed by atoms with Gasteiger partial charge in [0.15, 0.2) is 11.6 Å². The summed E-state index contributed by atoms with van der Waals surface area (Å²) in [5.74, 6) is 2.63. The van der Waals surface area contributed by atoms with Crippen LogP contribution in [0.15, 0.2) is 48.7 Å². The third kappa shape index (κ3) is 3.37. The number of fused-ring (bicyclic) bond motifs is 1. The Labute approximate surface area is 170 Å². The van der Waals surface area contributed by atoms with Gasteiger partial charge in [-0.15, -0.1) is 10.2 Å². The average Bonchev–Trinajstić information content (AvgIpc) is 3.23. The molecular formula is C22H24N6O. The summed E-state index contributed by atoms with van der Waals surface area (Å²) in [6.07, 6.45) is 5.12. The number of hydrogen-bond acceptors (Lipinski definition) is 5.